The molecule has 4 heteroatoms. The third-order valence-electron chi connectivity index (χ3n) is 4.21. The minimum atomic E-state index is 0.569. The normalized spacial score (nSPS) is 27.4. The molecule has 1 saturated carbocycles. The molecule has 1 heterocycles. The highest BCUT2D eigenvalue weighted by Crippen LogP contribution is 2.30. The average molecular weight is 265 g/mol. The molecular weight excluding hydrogens is 238 g/mol. The van der Waals surface area contributed by atoms with Gasteiger partial charge in [-0.1, -0.05) is 13.8 Å². The van der Waals surface area contributed by atoms with Gasteiger partial charge in [-0.25, -0.2) is 4.98 Å². The van der Waals surface area contributed by atoms with Crippen molar-refractivity contribution in [2.45, 2.75) is 52.1 Å². The number of nitrogens with one attached hydrogen (secondary N) is 1. The van der Waals surface area contributed by atoms with Gasteiger partial charge in [0.2, 0.25) is 5.95 Å². The lowest BCUT2D eigenvalue weighted by Crippen LogP contribution is -2.34. The second kappa shape index (κ2) is 6.94. The Kier molecular flexibility index (Phi) is 5.25. The van der Waals surface area contributed by atoms with Crippen molar-refractivity contribution in [3.8, 4) is 0 Å². The van der Waals surface area contributed by atoms with E-state index in [9.17, 15) is 0 Å². The van der Waals surface area contributed by atoms with Crippen LogP contribution in [0.25, 0.3) is 0 Å². The van der Waals surface area contributed by atoms with Crippen LogP contribution >= 0.6 is 0 Å². The largest absolute Gasteiger partial charge is 0.385 e. The smallest absolute Gasteiger partial charge is 0.202 e. The number of methoxy groups -OCH3 is 1. The van der Waals surface area contributed by atoms with Gasteiger partial charge >= 0.3 is 0 Å². The van der Waals surface area contributed by atoms with Crippen molar-refractivity contribution in [1.29, 1.82) is 0 Å². The summed E-state index contributed by atoms with van der Waals surface area (Å²) in [5.74, 6) is 2.62. The zero-order valence-corrected chi connectivity index (χ0v) is 12.4. The van der Waals surface area contributed by atoms with Gasteiger partial charge in [-0.3, -0.25) is 0 Å². The average Bonchev–Trinajstić information content (AvgIpc) is 2.81. The monoisotopic (exact) mass is 265 g/mol. The summed E-state index contributed by atoms with van der Waals surface area (Å²) < 4.78 is 7.30. The first-order valence-electron chi connectivity index (χ1n) is 7.47. The Morgan fingerprint density at radius 3 is 3.00 bits per heavy atom. The molecule has 0 radical (unpaired) electrons. The number of rotatable bonds is 6. The molecule has 0 saturated heterocycles. The maximum Gasteiger partial charge on any atom is 0.202 e. The zero-order valence-electron chi connectivity index (χ0n) is 12.4. The number of hydrogen-bond acceptors (Lipinski definition) is 3. The van der Waals surface area contributed by atoms with Gasteiger partial charge in [-0.05, 0) is 37.5 Å². The van der Waals surface area contributed by atoms with Crippen LogP contribution in [0.1, 0.15) is 39.5 Å². The summed E-state index contributed by atoms with van der Waals surface area (Å²) >= 11 is 0. The van der Waals surface area contributed by atoms with Crippen LogP contribution in [0.15, 0.2) is 12.4 Å². The van der Waals surface area contributed by atoms with Crippen molar-refractivity contribution in [2.75, 3.05) is 19.0 Å². The fourth-order valence-electron chi connectivity index (χ4n) is 3.05. The van der Waals surface area contributed by atoms with E-state index < -0.39 is 0 Å². The standard InChI is InChI=1S/C15H27N3O/c1-12-5-6-14(13(2)11-12)17-15-16-7-9-18(15)8-4-10-19-3/h7,9,12-14H,4-6,8,10-11H2,1-3H3,(H,16,17). The van der Waals surface area contributed by atoms with E-state index in [1.165, 1.54) is 19.3 Å². The summed E-state index contributed by atoms with van der Waals surface area (Å²) in [6.07, 6.45) is 8.86. The molecule has 0 aliphatic heterocycles. The number of imidazole rings is 1. The van der Waals surface area contributed by atoms with Gasteiger partial charge in [-0.15, -0.1) is 0 Å². The van der Waals surface area contributed by atoms with Crippen LogP contribution in [0.4, 0.5) is 5.95 Å². The topological polar surface area (TPSA) is 39.1 Å². The number of ether oxygens (including phenoxy) is 1. The molecule has 1 fully saturated rings. The van der Waals surface area contributed by atoms with Gasteiger partial charge in [0, 0.05) is 38.7 Å². The summed E-state index contributed by atoms with van der Waals surface area (Å²) in [6.45, 7) is 6.48. The fraction of sp³-hybridized carbons (Fsp3) is 0.800. The molecule has 4 nitrogen and oxygen atoms in total. The third kappa shape index (κ3) is 3.96. The van der Waals surface area contributed by atoms with Crippen molar-refractivity contribution in [1.82, 2.24) is 9.55 Å². The third-order valence-corrected chi connectivity index (χ3v) is 4.21. The molecule has 1 aromatic heterocycles. The predicted molar refractivity (Wildman–Crippen MR) is 78.3 cm³/mol. The van der Waals surface area contributed by atoms with Gasteiger partial charge in [-0.2, -0.15) is 0 Å². The highest BCUT2D eigenvalue weighted by atomic mass is 16.5. The van der Waals surface area contributed by atoms with E-state index in [0.29, 0.717) is 6.04 Å². The van der Waals surface area contributed by atoms with Crippen molar-refractivity contribution in [3.63, 3.8) is 0 Å². The van der Waals surface area contributed by atoms with Crippen LogP contribution in [-0.4, -0.2) is 29.3 Å². The van der Waals surface area contributed by atoms with Crippen LogP contribution in [0.5, 0.6) is 0 Å². The molecule has 0 amide bonds. The number of aryl methyl sites for hydroxylation is 1. The molecule has 0 bridgehead atoms. The molecule has 1 N–H and O–H groups in total. The highest BCUT2D eigenvalue weighted by molar-refractivity contribution is 5.28. The molecule has 1 aliphatic rings. The van der Waals surface area contributed by atoms with Crippen LogP contribution < -0.4 is 5.32 Å². The number of anilines is 1. The van der Waals surface area contributed by atoms with E-state index in [2.05, 4.69) is 28.7 Å². The molecule has 0 aromatic carbocycles. The van der Waals surface area contributed by atoms with E-state index >= 15 is 0 Å². The van der Waals surface area contributed by atoms with Crippen molar-refractivity contribution in [3.05, 3.63) is 12.4 Å². The van der Waals surface area contributed by atoms with Crippen molar-refractivity contribution >= 4 is 5.95 Å². The molecular formula is C15H27N3O. The number of hydrogen-bond donors (Lipinski definition) is 1. The molecule has 1 aliphatic carbocycles. The van der Waals surface area contributed by atoms with Gasteiger partial charge < -0.3 is 14.6 Å². The quantitative estimate of drug-likeness (QED) is 0.803. The Labute approximate surface area is 116 Å². The number of nitrogens with zero attached hydrogens (tertiary/aromatic N) is 2. The predicted octanol–water partition coefficient (Wildman–Crippen LogP) is 3.16. The summed E-state index contributed by atoms with van der Waals surface area (Å²) in [5.41, 5.74) is 0. The van der Waals surface area contributed by atoms with Crippen molar-refractivity contribution in [2.24, 2.45) is 11.8 Å². The summed E-state index contributed by atoms with van der Waals surface area (Å²) in [6, 6.07) is 0.569. The summed E-state index contributed by atoms with van der Waals surface area (Å²) in [5, 5.41) is 3.64. The number of aromatic nitrogens is 2. The maximum absolute atomic E-state index is 5.10. The van der Waals surface area contributed by atoms with Crippen LogP contribution in [-0.2, 0) is 11.3 Å². The molecule has 3 atom stereocenters. The first kappa shape index (κ1) is 14.4. The van der Waals surface area contributed by atoms with Crippen LogP contribution in [0, 0.1) is 11.8 Å². The molecule has 2 rings (SSSR count). The lowest BCUT2D eigenvalue weighted by molar-refractivity contribution is 0.190. The molecule has 0 spiro atoms. The Balaban J connectivity index is 1.90. The Bertz CT molecular complexity index is 377. The zero-order chi connectivity index (χ0) is 13.7. The SMILES string of the molecule is COCCCn1ccnc1NC1CCC(C)CC1C. The maximum atomic E-state index is 5.10. The summed E-state index contributed by atoms with van der Waals surface area (Å²) in [4.78, 5) is 4.45. The van der Waals surface area contributed by atoms with Crippen molar-refractivity contribution < 1.29 is 4.74 Å². The van der Waals surface area contributed by atoms with E-state index in [1.807, 2.05) is 12.4 Å². The first-order chi connectivity index (χ1) is 9.20. The molecule has 19 heavy (non-hydrogen) atoms. The van der Waals surface area contributed by atoms with Gasteiger partial charge in [0.15, 0.2) is 0 Å². The Hall–Kier alpha value is -1.03. The van der Waals surface area contributed by atoms with E-state index in [4.69, 9.17) is 4.74 Å². The molecule has 108 valence electrons. The van der Waals surface area contributed by atoms with E-state index in [0.717, 1.165) is 37.4 Å². The highest BCUT2D eigenvalue weighted by Gasteiger charge is 2.25. The minimum absolute atomic E-state index is 0.569. The van der Waals surface area contributed by atoms with Gasteiger partial charge in [0.05, 0.1) is 0 Å². The minimum Gasteiger partial charge on any atom is -0.385 e. The van der Waals surface area contributed by atoms with Crippen LogP contribution in [0.2, 0.25) is 0 Å². The second-order valence-corrected chi connectivity index (χ2v) is 5.94. The van der Waals surface area contributed by atoms with Gasteiger partial charge in [0.25, 0.3) is 0 Å². The molecule has 1 aromatic rings. The Morgan fingerprint density at radius 2 is 2.26 bits per heavy atom. The summed E-state index contributed by atoms with van der Waals surface area (Å²) in [7, 11) is 1.75. The van der Waals surface area contributed by atoms with E-state index in [1.54, 1.807) is 7.11 Å². The first-order valence-corrected chi connectivity index (χ1v) is 7.47. The molecule has 3 unspecified atom stereocenters. The Morgan fingerprint density at radius 1 is 1.42 bits per heavy atom. The lowest BCUT2D eigenvalue weighted by Gasteiger charge is -2.33. The van der Waals surface area contributed by atoms with Crippen LogP contribution in [0.3, 0.4) is 0 Å². The van der Waals surface area contributed by atoms with Gasteiger partial charge in [0.1, 0.15) is 0 Å². The fourth-order valence-corrected chi connectivity index (χ4v) is 3.05. The van der Waals surface area contributed by atoms with E-state index in [-0.39, 0.29) is 0 Å². The second-order valence-electron chi connectivity index (χ2n) is 5.94. The lowest BCUT2D eigenvalue weighted by atomic mass is 9.80.